The summed E-state index contributed by atoms with van der Waals surface area (Å²) in [5.74, 6) is -0.762. The standard InChI is InChI=1S/C15H20O5S/c1-10-4-6-11(7-5-10)21(16,17)9-13-14-12(8-18-13)19-15(2,3)20-14/h4-7,12-14H,8-9H2,1-3H3/t12-,13+,14+/m1/s1. The van der Waals surface area contributed by atoms with Crippen molar-refractivity contribution in [1.29, 1.82) is 0 Å². The number of sulfone groups is 1. The maximum absolute atomic E-state index is 12.5. The van der Waals surface area contributed by atoms with Gasteiger partial charge in [-0.3, -0.25) is 0 Å². The lowest BCUT2D eigenvalue weighted by Crippen LogP contribution is -2.34. The molecule has 0 aliphatic carbocycles. The van der Waals surface area contributed by atoms with Crippen LogP contribution in [0.25, 0.3) is 0 Å². The number of hydrogen-bond donors (Lipinski definition) is 0. The molecule has 6 heteroatoms. The van der Waals surface area contributed by atoms with Gasteiger partial charge in [-0.15, -0.1) is 0 Å². The zero-order chi connectivity index (χ0) is 15.3. The molecule has 1 aromatic carbocycles. The predicted octanol–water partition coefficient (Wildman–Crippen LogP) is 1.69. The molecule has 0 N–H and O–H groups in total. The van der Waals surface area contributed by atoms with E-state index < -0.39 is 21.7 Å². The quantitative estimate of drug-likeness (QED) is 0.850. The third-order valence-electron chi connectivity index (χ3n) is 3.83. The van der Waals surface area contributed by atoms with Crippen molar-refractivity contribution >= 4 is 9.84 Å². The summed E-state index contributed by atoms with van der Waals surface area (Å²) in [4.78, 5) is 0.318. The number of rotatable bonds is 3. The molecule has 2 heterocycles. The Labute approximate surface area is 125 Å². The summed E-state index contributed by atoms with van der Waals surface area (Å²) >= 11 is 0. The van der Waals surface area contributed by atoms with Gasteiger partial charge < -0.3 is 14.2 Å². The van der Waals surface area contributed by atoms with Gasteiger partial charge in [-0.1, -0.05) is 17.7 Å². The monoisotopic (exact) mass is 312 g/mol. The highest BCUT2D eigenvalue weighted by molar-refractivity contribution is 7.91. The third-order valence-corrected chi connectivity index (χ3v) is 5.58. The topological polar surface area (TPSA) is 61.8 Å². The first-order chi connectivity index (χ1) is 9.77. The van der Waals surface area contributed by atoms with Crippen LogP contribution in [-0.4, -0.2) is 44.9 Å². The van der Waals surface area contributed by atoms with E-state index in [1.165, 1.54) is 0 Å². The number of ether oxygens (including phenoxy) is 3. The Bertz CT molecular complexity index is 620. The summed E-state index contributed by atoms with van der Waals surface area (Å²) in [6.45, 7) is 5.96. The van der Waals surface area contributed by atoms with Crippen LogP contribution in [0.5, 0.6) is 0 Å². The van der Waals surface area contributed by atoms with Gasteiger partial charge in [0.2, 0.25) is 0 Å². The van der Waals surface area contributed by atoms with Gasteiger partial charge in [-0.2, -0.15) is 0 Å². The van der Waals surface area contributed by atoms with Gasteiger partial charge in [0.25, 0.3) is 0 Å². The molecule has 2 fully saturated rings. The number of benzene rings is 1. The second kappa shape index (κ2) is 5.05. The van der Waals surface area contributed by atoms with Crippen LogP contribution in [0.2, 0.25) is 0 Å². The molecule has 0 unspecified atom stereocenters. The van der Waals surface area contributed by atoms with Gasteiger partial charge in [0.05, 0.1) is 17.3 Å². The highest BCUT2D eigenvalue weighted by Crippen LogP contribution is 2.36. The first kappa shape index (κ1) is 15.0. The Kier molecular flexibility index (Phi) is 3.60. The molecule has 0 aromatic heterocycles. The molecule has 2 saturated heterocycles. The van der Waals surface area contributed by atoms with Crippen molar-refractivity contribution in [2.45, 2.75) is 49.8 Å². The Morgan fingerprint density at radius 2 is 1.86 bits per heavy atom. The van der Waals surface area contributed by atoms with Crippen molar-refractivity contribution in [3.05, 3.63) is 29.8 Å². The van der Waals surface area contributed by atoms with Crippen molar-refractivity contribution < 1.29 is 22.6 Å². The zero-order valence-electron chi connectivity index (χ0n) is 12.4. The van der Waals surface area contributed by atoms with Crippen molar-refractivity contribution in [2.75, 3.05) is 12.4 Å². The average molecular weight is 312 g/mol. The maximum atomic E-state index is 12.5. The fourth-order valence-electron chi connectivity index (χ4n) is 2.82. The molecule has 2 aliphatic rings. The summed E-state index contributed by atoms with van der Waals surface area (Å²) in [6, 6.07) is 6.85. The van der Waals surface area contributed by atoms with Gasteiger partial charge in [0.1, 0.15) is 18.3 Å². The van der Waals surface area contributed by atoms with E-state index in [9.17, 15) is 8.42 Å². The molecule has 0 amide bonds. The SMILES string of the molecule is Cc1ccc(S(=O)(=O)C[C@@H]2OC[C@H]3OC(C)(C)O[C@H]23)cc1. The zero-order valence-corrected chi connectivity index (χ0v) is 13.2. The van der Waals surface area contributed by atoms with E-state index in [1.807, 2.05) is 20.8 Å². The van der Waals surface area contributed by atoms with E-state index >= 15 is 0 Å². The largest absolute Gasteiger partial charge is 0.372 e. The number of fused-ring (bicyclic) bond motifs is 1. The van der Waals surface area contributed by atoms with E-state index in [1.54, 1.807) is 24.3 Å². The molecular formula is C15H20O5S. The predicted molar refractivity (Wildman–Crippen MR) is 76.8 cm³/mol. The Morgan fingerprint density at radius 3 is 2.52 bits per heavy atom. The minimum absolute atomic E-state index is 0.0866. The molecule has 2 aliphatic heterocycles. The van der Waals surface area contributed by atoms with Gasteiger partial charge in [0.15, 0.2) is 15.6 Å². The smallest absolute Gasteiger partial charge is 0.181 e. The van der Waals surface area contributed by atoms with Crippen LogP contribution in [0.4, 0.5) is 0 Å². The summed E-state index contributed by atoms with van der Waals surface area (Å²) in [5, 5.41) is 0. The molecule has 3 atom stereocenters. The lowest BCUT2D eigenvalue weighted by molar-refractivity contribution is -0.172. The van der Waals surface area contributed by atoms with E-state index in [0.717, 1.165) is 5.56 Å². The van der Waals surface area contributed by atoms with Gasteiger partial charge in [-0.05, 0) is 32.9 Å². The molecule has 3 rings (SSSR count). The van der Waals surface area contributed by atoms with Gasteiger partial charge >= 0.3 is 0 Å². The van der Waals surface area contributed by atoms with E-state index in [0.29, 0.717) is 11.5 Å². The van der Waals surface area contributed by atoms with E-state index in [2.05, 4.69) is 0 Å². The average Bonchev–Trinajstić information content (AvgIpc) is 2.86. The van der Waals surface area contributed by atoms with Crippen molar-refractivity contribution in [3.8, 4) is 0 Å². The number of hydrogen-bond acceptors (Lipinski definition) is 5. The Morgan fingerprint density at radius 1 is 1.19 bits per heavy atom. The molecule has 0 radical (unpaired) electrons. The summed E-state index contributed by atoms with van der Waals surface area (Å²) < 4.78 is 42.0. The molecule has 0 spiro atoms. The molecule has 21 heavy (non-hydrogen) atoms. The molecule has 1 aromatic rings. The fourth-order valence-corrected chi connectivity index (χ4v) is 4.28. The first-order valence-electron chi connectivity index (χ1n) is 7.03. The minimum atomic E-state index is -3.40. The third kappa shape index (κ3) is 2.99. The maximum Gasteiger partial charge on any atom is 0.181 e. The minimum Gasteiger partial charge on any atom is -0.372 e. The second-order valence-corrected chi connectivity index (χ2v) is 8.14. The molecule has 116 valence electrons. The molecular weight excluding hydrogens is 292 g/mol. The van der Waals surface area contributed by atoms with Crippen LogP contribution in [0.1, 0.15) is 19.4 Å². The normalized spacial score (nSPS) is 31.3. The highest BCUT2D eigenvalue weighted by Gasteiger charge is 2.51. The summed E-state index contributed by atoms with van der Waals surface area (Å²) in [7, 11) is -3.40. The lowest BCUT2D eigenvalue weighted by Gasteiger charge is -2.21. The van der Waals surface area contributed by atoms with Crippen molar-refractivity contribution in [3.63, 3.8) is 0 Å². The van der Waals surface area contributed by atoms with E-state index in [4.69, 9.17) is 14.2 Å². The fraction of sp³-hybridized carbons (Fsp3) is 0.600. The second-order valence-electron chi connectivity index (χ2n) is 6.10. The van der Waals surface area contributed by atoms with Gasteiger partial charge in [-0.25, -0.2) is 8.42 Å². The molecule has 0 bridgehead atoms. The van der Waals surface area contributed by atoms with Crippen molar-refractivity contribution in [2.24, 2.45) is 0 Å². The summed E-state index contributed by atoms with van der Waals surface area (Å²) in [5.41, 5.74) is 1.03. The highest BCUT2D eigenvalue weighted by atomic mass is 32.2. The van der Waals surface area contributed by atoms with Crippen LogP contribution in [0.15, 0.2) is 29.2 Å². The Hall–Kier alpha value is -0.950. The first-order valence-corrected chi connectivity index (χ1v) is 8.69. The van der Waals surface area contributed by atoms with Gasteiger partial charge in [0, 0.05) is 0 Å². The lowest BCUT2D eigenvalue weighted by atomic mass is 10.2. The van der Waals surface area contributed by atoms with Crippen LogP contribution >= 0.6 is 0 Å². The Balaban J connectivity index is 1.76. The van der Waals surface area contributed by atoms with Crippen LogP contribution < -0.4 is 0 Å². The van der Waals surface area contributed by atoms with Crippen LogP contribution in [-0.2, 0) is 24.0 Å². The molecule has 0 saturated carbocycles. The van der Waals surface area contributed by atoms with Crippen molar-refractivity contribution in [1.82, 2.24) is 0 Å². The van der Waals surface area contributed by atoms with Crippen LogP contribution in [0.3, 0.4) is 0 Å². The summed E-state index contributed by atoms with van der Waals surface area (Å²) in [6.07, 6.45) is -0.985. The van der Waals surface area contributed by atoms with E-state index in [-0.39, 0.29) is 18.0 Å². The molecule has 5 nitrogen and oxygen atoms in total. The number of aryl methyl sites for hydroxylation is 1. The van der Waals surface area contributed by atoms with Crippen LogP contribution in [0, 0.1) is 6.92 Å².